The van der Waals surface area contributed by atoms with E-state index in [1.165, 1.54) is 27.9 Å². The van der Waals surface area contributed by atoms with Gasteiger partial charge in [-0.15, -0.1) is 12.1 Å². The van der Waals surface area contributed by atoms with E-state index >= 15 is 0 Å². The first-order valence-electron chi connectivity index (χ1n) is 32.3. The zero-order valence-electron chi connectivity index (χ0n) is 60.2. The molecule has 0 saturated heterocycles. The number of hydrogen-bond donors (Lipinski definition) is 0. The van der Waals surface area contributed by atoms with Gasteiger partial charge in [0, 0.05) is 157 Å². The van der Waals surface area contributed by atoms with Gasteiger partial charge in [-0.25, -0.2) is 36.6 Å². The number of pyridine rings is 4. The first-order chi connectivity index (χ1) is 44.3. The molecule has 433 valence electrons. The van der Waals surface area contributed by atoms with E-state index < -0.39 is 20.6 Å². The van der Waals surface area contributed by atoms with Crippen LogP contribution < -0.4 is 18.3 Å². The van der Waals surface area contributed by atoms with Crippen molar-refractivity contribution in [1.29, 1.82) is 0 Å². The minimum absolute atomic E-state index is 0. The molecule has 0 atom stereocenters. The van der Waals surface area contributed by atoms with Crippen molar-refractivity contribution in [1.82, 2.24) is 55.8 Å². The summed E-state index contributed by atoms with van der Waals surface area (Å²) in [7, 11) is 15.8. The van der Waals surface area contributed by atoms with Crippen LogP contribution in [0.3, 0.4) is 0 Å². The molecule has 0 amide bonds. The Bertz CT molecular complexity index is 5130. The summed E-state index contributed by atoms with van der Waals surface area (Å²) in [6, 6.07) is 39.3. The topological polar surface area (TPSA) is 104 Å². The number of rotatable bonds is 6. The van der Waals surface area contributed by atoms with Gasteiger partial charge in [0.1, 0.15) is 57.2 Å². The predicted molar refractivity (Wildman–Crippen MR) is 334 cm³/mol. The number of aryl methyl sites for hydroxylation is 17. The Morgan fingerprint density at radius 2 is 1.02 bits per heavy atom. The van der Waals surface area contributed by atoms with Crippen molar-refractivity contribution in [3.8, 4) is 67.8 Å². The molecule has 16 nitrogen and oxygen atoms in total. The Kier molecular flexibility index (Phi) is 13.9. The standard InChI is InChI=1S/C21H23N4.C19H17N4.C15H19N4.C14H17N4.Y/c1-14-11-19(23(4)12-18(14)17-9-7-6-8-10-17)20-13-25-16(3)15(2)22-21(25)24(20)5;1-14-18(22(3)19-20-10-12-23(14)19)17-13-16(9-11-21(17)2)15-7-5-4-6-8-15;1-10-6-7-17(4)13(8-10)14-9-19-12(3)11(2)16-15(19)18(14)5;1-10-11(2)18-9-13(17(4)14(18)15-10)12-7-5-6-8-16(12)3;/h6-13H,1-5H3;4-7,10-13H,1-3H3;6-9H,1-5H3;5-9H,1-4H3;/q+1;-1;2*+1;/i2D3;;2D3;1D3;. The fourth-order valence-corrected chi connectivity index (χ4v) is 11.1. The van der Waals surface area contributed by atoms with Crippen LogP contribution in [0.25, 0.3) is 90.9 Å². The Labute approximate surface area is 541 Å². The maximum absolute atomic E-state index is 7.68. The molecule has 1 radical (unpaired) electrons. The third-order valence-corrected chi connectivity index (χ3v) is 16.1. The molecule has 17 heteroatoms. The number of imidazole rings is 8. The van der Waals surface area contributed by atoms with Gasteiger partial charge in [-0.1, -0.05) is 30.3 Å². The molecule has 0 aliphatic rings. The SMILES string of the molecule is Cc1c(-c2cc(-c3[c-]cccc3)[c-]c[n+]2C)n(C)c2nccn12.[2H]C([2H])([2H])c1nc2n(C)c(-c3cc(C)c(-c4ccccc4)c[n+]3C)cn2c1C.[2H]C([2H])([2H])c1nc2n(C)c(-c3cc(C)cc[n+]3C)cn2c1C.[2H]C([2H])([2H])c1nc2n(C)c(-c3cccc[n+]3C)cn2c1C.[Y]. The minimum Gasteiger partial charge on any atom is -0.309 e. The Morgan fingerprint density at radius 3 is 1.56 bits per heavy atom. The van der Waals surface area contributed by atoms with Gasteiger partial charge in [-0.05, 0) is 84.9 Å². The molecular weight excluding hydrogens is 1140 g/mol. The van der Waals surface area contributed by atoms with Gasteiger partial charge in [0.05, 0.1) is 22.8 Å². The van der Waals surface area contributed by atoms with Gasteiger partial charge < -0.3 is 18.3 Å². The van der Waals surface area contributed by atoms with Gasteiger partial charge in [0.2, 0.25) is 40.2 Å². The fraction of sp³-hybridized carbons (Fsp3) is 0.246. The first kappa shape index (κ1) is 49.4. The van der Waals surface area contributed by atoms with E-state index in [0.717, 1.165) is 62.5 Å². The summed E-state index contributed by atoms with van der Waals surface area (Å²) in [5.74, 6) is 2.85. The van der Waals surface area contributed by atoms with E-state index in [4.69, 9.17) is 12.3 Å². The zero-order valence-corrected chi connectivity index (χ0v) is 54.0. The monoisotopic (exact) mass is 1230 g/mol. The normalized spacial score (nSPS) is 13.2. The van der Waals surface area contributed by atoms with E-state index in [0.29, 0.717) is 34.4 Å². The quantitative estimate of drug-likeness (QED) is 0.122. The van der Waals surface area contributed by atoms with Gasteiger partial charge in [-0.3, -0.25) is 28.7 Å². The summed E-state index contributed by atoms with van der Waals surface area (Å²) in [6.45, 7) is 5.07. The van der Waals surface area contributed by atoms with E-state index in [2.05, 4.69) is 127 Å². The number of hydrogen-bond acceptors (Lipinski definition) is 4. The van der Waals surface area contributed by atoms with Crippen molar-refractivity contribution < 1.29 is 63.3 Å². The first-order valence-corrected chi connectivity index (χ1v) is 27.8. The third-order valence-electron chi connectivity index (χ3n) is 16.1. The summed E-state index contributed by atoms with van der Waals surface area (Å²) in [4.78, 5) is 17.5. The summed E-state index contributed by atoms with van der Waals surface area (Å²) < 4.78 is 92.3. The molecule has 12 heterocycles. The van der Waals surface area contributed by atoms with Gasteiger partial charge in [0.15, 0.2) is 24.3 Å². The second kappa shape index (κ2) is 24.3. The molecule has 14 rings (SSSR count). The predicted octanol–water partition coefficient (Wildman–Crippen LogP) is 10.4. The number of benzene rings is 2. The third kappa shape index (κ3) is 11.0. The number of aromatic nitrogens is 16. The molecule has 0 saturated carbocycles. The molecule has 0 N–H and O–H groups in total. The largest absolute Gasteiger partial charge is 0.309 e. The molecule has 0 fully saturated rings. The summed E-state index contributed by atoms with van der Waals surface area (Å²) >= 11 is 0. The van der Waals surface area contributed by atoms with Gasteiger partial charge in [-0.2, -0.15) is 31.9 Å². The molecule has 12 aromatic heterocycles. The van der Waals surface area contributed by atoms with Crippen LogP contribution in [-0.4, -0.2) is 55.8 Å². The second-order valence-corrected chi connectivity index (χ2v) is 21.7. The average Bonchev–Trinajstić information content (AvgIpc) is 1.63. The zero-order chi connectivity index (χ0) is 67.8. The molecule has 0 spiro atoms. The second-order valence-electron chi connectivity index (χ2n) is 21.7. The van der Waals surface area contributed by atoms with Crippen LogP contribution >= 0.6 is 0 Å². The Morgan fingerprint density at radius 1 is 0.477 bits per heavy atom. The minimum atomic E-state index is -2.21. The van der Waals surface area contributed by atoms with Gasteiger partial charge >= 0.3 is 0 Å². The molecular formula is C69H76N16Y+2. The Balaban J connectivity index is 0.000000138. The van der Waals surface area contributed by atoms with E-state index in [-0.39, 0.29) is 49.8 Å². The van der Waals surface area contributed by atoms with E-state index in [1.54, 1.807) is 20.8 Å². The number of fused-ring (bicyclic) bond motifs is 4. The summed E-state index contributed by atoms with van der Waals surface area (Å²) in [6.07, 6.45) is 17.8. The van der Waals surface area contributed by atoms with Crippen molar-refractivity contribution >= 4 is 23.1 Å². The van der Waals surface area contributed by atoms with Crippen molar-refractivity contribution in [3.05, 3.63) is 216 Å². The number of nitrogens with zero attached hydrogens (tertiary/aromatic N) is 16. The molecule has 14 aromatic rings. The van der Waals surface area contributed by atoms with Crippen molar-refractivity contribution in [2.24, 2.45) is 56.4 Å². The smallest absolute Gasteiger partial charge is 0.230 e. The van der Waals surface area contributed by atoms with E-state index in [1.807, 2.05) is 190 Å². The molecule has 0 unspecified atom stereocenters. The molecule has 0 bridgehead atoms. The maximum atomic E-state index is 7.68. The van der Waals surface area contributed by atoms with Crippen LogP contribution in [0.2, 0.25) is 0 Å². The van der Waals surface area contributed by atoms with Crippen LogP contribution in [0.15, 0.2) is 153 Å². The molecule has 2 aromatic carbocycles. The van der Waals surface area contributed by atoms with Crippen LogP contribution in [0.5, 0.6) is 0 Å². The van der Waals surface area contributed by atoms with E-state index in [9.17, 15) is 0 Å². The Hall–Kier alpha value is -8.86. The average molecular weight is 1230 g/mol. The molecule has 0 aliphatic heterocycles. The van der Waals surface area contributed by atoms with Crippen molar-refractivity contribution in [2.45, 2.75) is 62.1 Å². The molecule has 86 heavy (non-hydrogen) atoms. The summed E-state index contributed by atoms with van der Waals surface area (Å²) in [5, 5.41) is 0. The van der Waals surface area contributed by atoms with Crippen LogP contribution in [0.1, 0.15) is 63.3 Å². The van der Waals surface area contributed by atoms with Crippen LogP contribution in [0.4, 0.5) is 0 Å². The van der Waals surface area contributed by atoms with Gasteiger partial charge in [0.25, 0.3) is 0 Å². The fourth-order valence-electron chi connectivity index (χ4n) is 11.1. The van der Waals surface area contributed by atoms with Crippen LogP contribution in [-0.2, 0) is 89.1 Å². The van der Waals surface area contributed by atoms with Crippen molar-refractivity contribution in [2.75, 3.05) is 0 Å². The maximum Gasteiger partial charge on any atom is 0.230 e. The van der Waals surface area contributed by atoms with Crippen molar-refractivity contribution in [3.63, 3.8) is 0 Å². The summed E-state index contributed by atoms with van der Waals surface area (Å²) in [5.41, 5.74) is 18.8. The molecule has 0 aliphatic carbocycles. The van der Waals surface area contributed by atoms with Crippen LogP contribution in [0, 0.1) is 74.2 Å².